The van der Waals surface area contributed by atoms with E-state index in [0.29, 0.717) is 12.1 Å². The summed E-state index contributed by atoms with van der Waals surface area (Å²) in [7, 11) is 0. The van der Waals surface area contributed by atoms with Gasteiger partial charge in [-0.2, -0.15) is 0 Å². The molecular weight excluding hydrogens is 254 g/mol. The second kappa shape index (κ2) is 6.29. The van der Waals surface area contributed by atoms with Gasteiger partial charge in [0.2, 0.25) is 0 Å². The fourth-order valence-corrected chi connectivity index (χ4v) is 3.78. The molecule has 2 unspecified atom stereocenters. The van der Waals surface area contributed by atoms with Crippen LogP contribution in [0, 0.1) is 5.41 Å². The molecule has 106 valence electrons. The average molecular weight is 279 g/mol. The van der Waals surface area contributed by atoms with Crippen LogP contribution in [-0.4, -0.2) is 23.5 Å². The van der Waals surface area contributed by atoms with E-state index in [-0.39, 0.29) is 12.0 Å². The molecule has 0 spiro atoms. The summed E-state index contributed by atoms with van der Waals surface area (Å²) >= 11 is 1.95. The normalized spacial score (nSPS) is 20.9. The van der Waals surface area contributed by atoms with Crippen molar-refractivity contribution >= 4 is 11.8 Å². The van der Waals surface area contributed by atoms with Crippen molar-refractivity contribution in [3.05, 3.63) is 29.8 Å². The van der Waals surface area contributed by atoms with Gasteiger partial charge in [-0.1, -0.05) is 39.0 Å². The van der Waals surface area contributed by atoms with Gasteiger partial charge in [-0.15, -0.1) is 11.8 Å². The van der Waals surface area contributed by atoms with Crippen LogP contribution >= 0.6 is 11.8 Å². The molecule has 1 aliphatic rings. The SMILES string of the molecule is CC(C)(C)C(CCO)NC1CCSc2ccccc21. The van der Waals surface area contributed by atoms with Gasteiger partial charge in [-0.05, 0) is 35.6 Å². The predicted octanol–water partition coefficient (Wildman–Crippen LogP) is 3.61. The first-order valence-electron chi connectivity index (χ1n) is 7.11. The van der Waals surface area contributed by atoms with Gasteiger partial charge in [0.1, 0.15) is 0 Å². The highest BCUT2D eigenvalue weighted by Crippen LogP contribution is 2.37. The average Bonchev–Trinajstić information content (AvgIpc) is 2.37. The highest BCUT2D eigenvalue weighted by Gasteiger charge is 2.29. The highest BCUT2D eigenvalue weighted by molar-refractivity contribution is 7.99. The third-order valence-electron chi connectivity index (χ3n) is 3.82. The number of thioether (sulfide) groups is 1. The molecule has 0 bridgehead atoms. The quantitative estimate of drug-likeness (QED) is 0.883. The topological polar surface area (TPSA) is 32.3 Å². The maximum atomic E-state index is 9.28. The van der Waals surface area contributed by atoms with Gasteiger partial charge >= 0.3 is 0 Å². The summed E-state index contributed by atoms with van der Waals surface area (Å²) < 4.78 is 0. The molecule has 1 aliphatic heterocycles. The molecule has 2 N–H and O–H groups in total. The zero-order valence-corrected chi connectivity index (χ0v) is 13.0. The Morgan fingerprint density at radius 2 is 2.11 bits per heavy atom. The standard InChI is InChI=1S/C16H25NOS/c1-16(2,3)15(8-10-18)17-13-9-11-19-14-7-5-4-6-12(13)14/h4-7,13,15,17-18H,8-11H2,1-3H3. The fourth-order valence-electron chi connectivity index (χ4n) is 2.65. The minimum absolute atomic E-state index is 0.169. The molecule has 1 heterocycles. The molecule has 1 aromatic carbocycles. The molecule has 2 rings (SSSR count). The number of hydrogen-bond acceptors (Lipinski definition) is 3. The minimum atomic E-state index is 0.169. The second-order valence-corrected chi connectivity index (χ2v) is 7.46. The maximum absolute atomic E-state index is 9.28. The largest absolute Gasteiger partial charge is 0.396 e. The van der Waals surface area contributed by atoms with Crippen LogP contribution in [0.25, 0.3) is 0 Å². The predicted molar refractivity (Wildman–Crippen MR) is 82.6 cm³/mol. The van der Waals surface area contributed by atoms with E-state index in [1.54, 1.807) is 0 Å². The second-order valence-electron chi connectivity index (χ2n) is 6.33. The lowest BCUT2D eigenvalue weighted by molar-refractivity contribution is 0.183. The summed E-state index contributed by atoms with van der Waals surface area (Å²) in [5, 5.41) is 13.1. The van der Waals surface area contributed by atoms with Crippen LogP contribution in [0.4, 0.5) is 0 Å². The zero-order chi connectivity index (χ0) is 13.9. The van der Waals surface area contributed by atoms with E-state index >= 15 is 0 Å². The number of hydrogen-bond donors (Lipinski definition) is 2. The van der Waals surface area contributed by atoms with Crippen molar-refractivity contribution in [2.75, 3.05) is 12.4 Å². The molecule has 0 aromatic heterocycles. The number of rotatable bonds is 4. The molecule has 3 heteroatoms. The van der Waals surface area contributed by atoms with Crippen molar-refractivity contribution in [3.63, 3.8) is 0 Å². The van der Waals surface area contributed by atoms with Crippen molar-refractivity contribution in [3.8, 4) is 0 Å². The van der Waals surface area contributed by atoms with Crippen molar-refractivity contribution in [1.29, 1.82) is 0 Å². The van der Waals surface area contributed by atoms with Gasteiger partial charge in [0.05, 0.1) is 0 Å². The Morgan fingerprint density at radius 3 is 2.79 bits per heavy atom. The molecule has 0 saturated heterocycles. The Morgan fingerprint density at radius 1 is 1.37 bits per heavy atom. The molecule has 0 aliphatic carbocycles. The van der Waals surface area contributed by atoms with Gasteiger partial charge in [0.15, 0.2) is 0 Å². The van der Waals surface area contributed by atoms with E-state index < -0.39 is 0 Å². The van der Waals surface area contributed by atoms with Crippen LogP contribution in [-0.2, 0) is 0 Å². The third kappa shape index (κ3) is 3.74. The van der Waals surface area contributed by atoms with E-state index in [0.717, 1.165) is 6.42 Å². The van der Waals surface area contributed by atoms with Gasteiger partial charge in [0.25, 0.3) is 0 Å². The summed E-state index contributed by atoms with van der Waals surface area (Å²) in [6, 6.07) is 9.46. The lowest BCUT2D eigenvalue weighted by Gasteiger charge is -2.37. The van der Waals surface area contributed by atoms with Gasteiger partial charge in [0, 0.05) is 23.6 Å². The first-order valence-corrected chi connectivity index (χ1v) is 8.09. The molecule has 2 nitrogen and oxygen atoms in total. The lowest BCUT2D eigenvalue weighted by Crippen LogP contribution is -2.43. The van der Waals surface area contributed by atoms with E-state index in [1.807, 2.05) is 11.8 Å². The highest BCUT2D eigenvalue weighted by atomic mass is 32.2. The van der Waals surface area contributed by atoms with Crippen LogP contribution in [0.15, 0.2) is 29.2 Å². The molecule has 19 heavy (non-hydrogen) atoms. The Hall–Kier alpha value is -0.510. The van der Waals surface area contributed by atoms with Crippen molar-refractivity contribution in [2.24, 2.45) is 5.41 Å². The van der Waals surface area contributed by atoms with Gasteiger partial charge in [-0.3, -0.25) is 0 Å². The first kappa shape index (κ1) is 14.9. The number of aliphatic hydroxyl groups excluding tert-OH is 1. The number of nitrogens with one attached hydrogen (secondary N) is 1. The van der Waals surface area contributed by atoms with Crippen LogP contribution in [0.3, 0.4) is 0 Å². The van der Waals surface area contributed by atoms with Crippen LogP contribution in [0.2, 0.25) is 0 Å². The number of benzene rings is 1. The van der Waals surface area contributed by atoms with Gasteiger partial charge < -0.3 is 10.4 Å². The van der Waals surface area contributed by atoms with Crippen LogP contribution < -0.4 is 5.32 Å². The monoisotopic (exact) mass is 279 g/mol. The summed E-state index contributed by atoms with van der Waals surface area (Å²) in [4.78, 5) is 1.41. The van der Waals surface area contributed by atoms with E-state index in [2.05, 4.69) is 50.4 Å². The Labute approximate surface area is 121 Å². The first-order chi connectivity index (χ1) is 9.02. The zero-order valence-electron chi connectivity index (χ0n) is 12.1. The van der Waals surface area contributed by atoms with Crippen molar-refractivity contribution < 1.29 is 5.11 Å². The summed E-state index contributed by atoms with van der Waals surface area (Å²) in [5.41, 5.74) is 1.59. The number of fused-ring (bicyclic) bond motifs is 1. The lowest BCUT2D eigenvalue weighted by atomic mass is 9.84. The molecule has 2 atom stereocenters. The molecule has 0 radical (unpaired) electrons. The van der Waals surface area contributed by atoms with E-state index in [4.69, 9.17) is 0 Å². The molecule has 1 aromatic rings. The Bertz CT molecular complexity index is 413. The minimum Gasteiger partial charge on any atom is -0.396 e. The smallest absolute Gasteiger partial charge is 0.0446 e. The summed E-state index contributed by atoms with van der Waals surface area (Å²) in [6.07, 6.45) is 1.98. The Kier molecular flexibility index (Phi) is 4.93. The van der Waals surface area contributed by atoms with E-state index in [9.17, 15) is 5.11 Å². The summed E-state index contributed by atoms with van der Waals surface area (Å²) in [6.45, 7) is 6.97. The third-order valence-corrected chi connectivity index (χ3v) is 4.95. The number of aliphatic hydroxyl groups is 1. The molecule has 0 saturated carbocycles. The van der Waals surface area contributed by atoms with Crippen LogP contribution in [0.1, 0.15) is 45.2 Å². The van der Waals surface area contributed by atoms with Crippen LogP contribution in [0.5, 0.6) is 0 Å². The molecular formula is C16H25NOS. The van der Waals surface area contributed by atoms with Gasteiger partial charge in [-0.25, -0.2) is 0 Å². The van der Waals surface area contributed by atoms with Crippen molar-refractivity contribution in [1.82, 2.24) is 5.32 Å². The fraction of sp³-hybridized carbons (Fsp3) is 0.625. The summed E-state index contributed by atoms with van der Waals surface area (Å²) in [5.74, 6) is 1.17. The molecule has 0 fully saturated rings. The van der Waals surface area contributed by atoms with E-state index in [1.165, 1.54) is 22.6 Å². The maximum Gasteiger partial charge on any atom is 0.0446 e. The van der Waals surface area contributed by atoms with Crippen molar-refractivity contribution in [2.45, 2.75) is 50.6 Å². The Balaban J connectivity index is 2.15. The molecule has 0 amide bonds.